The molecule has 1 aromatic carbocycles. The number of hydrogen-bond acceptors (Lipinski definition) is 4. The van der Waals surface area contributed by atoms with Crippen molar-refractivity contribution in [3.8, 4) is 5.75 Å². The lowest BCUT2D eigenvalue weighted by atomic mass is 10.2. The Morgan fingerprint density at radius 2 is 2.19 bits per heavy atom. The minimum atomic E-state index is -3.00. The fourth-order valence-corrected chi connectivity index (χ4v) is 4.20. The Balaban J connectivity index is 1.78. The van der Waals surface area contributed by atoms with Crippen molar-refractivity contribution in [1.29, 1.82) is 0 Å². The predicted octanol–water partition coefficient (Wildman–Crippen LogP) is 1.09. The van der Waals surface area contributed by atoms with E-state index in [4.69, 9.17) is 4.74 Å². The van der Waals surface area contributed by atoms with Crippen LogP contribution in [-0.4, -0.2) is 44.0 Å². The predicted molar refractivity (Wildman–Crippen MR) is 79.4 cm³/mol. The van der Waals surface area contributed by atoms with E-state index in [1.165, 1.54) is 0 Å². The van der Waals surface area contributed by atoms with Crippen LogP contribution in [0.1, 0.15) is 16.9 Å². The molecule has 1 fully saturated rings. The first-order valence-electron chi connectivity index (χ1n) is 6.65. The van der Waals surface area contributed by atoms with Crippen LogP contribution in [0.25, 0.3) is 10.9 Å². The van der Waals surface area contributed by atoms with Gasteiger partial charge in [-0.3, -0.25) is 4.79 Å². The van der Waals surface area contributed by atoms with Crippen molar-refractivity contribution in [2.75, 3.05) is 18.6 Å². The fourth-order valence-electron chi connectivity index (χ4n) is 2.53. The normalized spacial score (nSPS) is 20.5. The van der Waals surface area contributed by atoms with Crippen molar-refractivity contribution in [2.45, 2.75) is 12.5 Å². The van der Waals surface area contributed by atoms with E-state index in [1.807, 2.05) is 18.2 Å². The minimum absolute atomic E-state index is 0.0206. The van der Waals surface area contributed by atoms with E-state index < -0.39 is 9.84 Å². The Labute approximate surface area is 122 Å². The van der Waals surface area contributed by atoms with Gasteiger partial charge in [0.15, 0.2) is 9.84 Å². The number of aromatic amines is 1. The molecule has 2 aromatic rings. The molecule has 0 aliphatic carbocycles. The number of hydrogen-bond donors (Lipinski definition) is 2. The van der Waals surface area contributed by atoms with Crippen LogP contribution in [-0.2, 0) is 9.84 Å². The molecule has 0 radical (unpaired) electrons. The van der Waals surface area contributed by atoms with Crippen LogP contribution in [0.5, 0.6) is 5.75 Å². The van der Waals surface area contributed by atoms with Crippen LogP contribution in [0.4, 0.5) is 0 Å². The molecule has 0 bridgehead atoms. The number of carbonyl (C=O) groups is 1. The third kappa shape index (κ3) is 2.87. The van der Waals surface area contributed by atoms with Crippen LogP contribution in [0, 0.1) is 0 Å². The number of sulfone groups is 1. The maximum Gasteiger partial charge on any atom is 0.267 e. The van der Waals surface area contributed by atoms with Crippen molar-refractivity contribution in [2.24, 2.45) is 0 Å². The first-order chi connectivity index (χ1) is 9.97. The lowest BCUT2D eigenvalue weighted by Crippen LogP contribution is -2.35. The molecule has 1 aliphatic rings. The zero-order valence-corrected chi connectivity index (χ0v) is 12.4. The minimum Gasteiger partial charge on any atom is -0.497 e. The van der Waals surface area contributed by atoms with Crippen molar-refractivity contribution in [3.63, 3.8) is 0 Å². The van der Waals surface area contributed by atoms with Gasteiger partial charge >= 0.3 is 0 Å². The van der Waals surface area contributed by atoms with Gasteiger partial charge in [0.1, 0.15) is 11.4 Å². The van der Waals surface area contributed by atoms with Gasteiger partial charge in [-0.1, -0.05) is 0 Å². The lowest BCUT2D eigenvalue weighted by Gasteiger charge is -2.09. The van der Waals surface area contributed by atoms with E-state index >= 15 is 0 Å². The van der Waals surface area contributed by atoms with Gasteiger partial charge in [-0.2, -0.15) is 0 Å². The van der Waals surface area contributed by atoms with E-state index in [0.717, 1.165) is 10.9 Å². The molecule has 112 valence electrons. The molecule has 1 aliphatic heterocycles. The molecule has 1 aromatic heterocycles. The molecular weight excluding hydrogens is 292 g/mol. The number of H-pyrrole nitrogens is 1. The monoisotopic (exact) mass is 308 g/mol. The number of benzene rings is 1. The van der Waals surface area contributed by atoms with Gasteiger partial charge in [-0.25, -0.2) is 8.42 Å². The molecule has 1 saturated heterocycles. The first-order valence-corrected chi connectivity index (χ1v) is 8.47. The molecule has 1 atom stereocenters. The van der Waals surface area contributed by atoms with Crippen LogP contribution in [0.2, 0.25) is 0 Å². The molecule has 7 heteroatoms. The molecule has 1 unspecified atom stereocenters. The second-order valence-corrected chi connectivity index (χ2v) is 7.44. The second-order valence-electron chi connectivity index (χ2n) is 5.21. The summed E-state index contributed by atoms with van der Waals surface area (Å²) in [6, 6.07) is 6.94. The number of aromatic nitrogens is 1. The summed E-state index contributed by atoms with van der Waals surface area (Å²) in [4.78, 5) is 15.2. The number of ether oxygens (including phenoxy) is 1. The summed E-state index contributed by atoms with van der Waals surface area (Å²) in [5.41, 5.74) is 1.22. The molecular formula is C14H16N2O4S. The first kappa shape index (κ1) is 13.9. The van der Waals surface area contributed by atoms with E-state index in [-0.39, 0.29) is 23.5 Å². The SMILES string of the molecule is COc1ccc2cc(C(=O)NC3CCS(=O)(=O)C3)[nH]c2c1. The molecule has 3 rings (SSSR count). The number of methoxy groups -OCH3 is 1. The van der Waals surface area contributed by atoms with Gasteiger partial charge in [0.05, 0.1) is 18.6 Å². The quantitative estimate of drug-likeness (QED) is 0.888. The number of amides is 1. The molecule has 21 heavy (non-hydrogen) atoms. The van der Waals surface area contributed by atoms with Crippen molar-refractivity contribution in [1.82, 2.24) is 10.3 Å². The number of rotatable bonds is 3. The maximum atomic E-state index is 12.2. The van der Waals surface area contributed by atoms with Crippen molar-refractivity contribution >= 4 is 26.6 Å². The topological polar surface area (TPSA) is 88.3 Å². The Kier molecular flexibility index (Phi) is 3.36. The molecule has 2 heterocycles. The van der Waals surface area contributed by atoms with E-state index in [2.05, 4.69) is 10.3 Å². The fraction of sp³-hybridized carbons (Fsp3) is 0.357. The largest absolute Gasteiger partial charge is 0.497 e. The summed E-state index contributed by atoms with van der Waals surface area (Å²) < 4.78 is 27.9. The average molecular weight is 308 g/mol. The number of carbonyl (C=O) groups excluding carboxylic acids is 1. The summed E-state index contributed by atoms with van der Waals surface area (Å²) in [5.74, 6) is 0.583. The summed E-state index contributed by atoms with van der Waals surface area (Å²) in [5, 5.41) is 3.66. The van der Waals surface area contributed by atoms with Gasteiger partial charge in [-0.15, -0.1) is 0 Å². The van der Waals surface area contributed by atoms with E-state index in [9.17, 15) is 13.2 Å². The Morgan fingerprint density at radius 1 is 1.38 bits per heavy atom. The van der Waals surface area contributed by atoms with Gasteiger partial charge in [-0.05, 0) is 24.6 Å². The average Bonchev–Trinajstić information content (AvgIpc) is 3.00. The molecule has 6 nitrogen and oxygen atoms in total. The van der Waals surface area contributed by atoms with Crippen molar-refractivity contribution < 1.29 is 17.9 Å². The van der Waals surface area contributed by atoms with Crippen molar-refractivity contribution in [3.05, 3.63) is 30.0 Å². The highest BCUT2D eigenvalue weighted by Crippen LogP contribution is 2.21. The zero-order chi connectivity index (χ0) is 15.0. The molecule has 0 saturated carbocycles. The molecule has 2 N–H and O–H groups in total. The zero-order valence-electron chi connectivity index (χ0n) is 11.5. The smallest absolute Gasteiger partial charge is 0.267 e. The highest BCUT2D eigenvalue weighted by molar-refractivity contribution is 7.91. The Morgan fingerprint density at radius 3 is 2.86 bits per heavy atom. The van der Waals surface area contributed by atoms with Gasteiger partial charge in [0.2, 0.25) is 0 Å². The standard InChI is InChI=1S/C14H16N2O4S/c1-20-11-3-2-9-6-13(16-12(9)7-11)14(17)15-10-4-5-21(18,19)8-10/h2-3,6-7,10,16H,4-5,8H2,1H3,(H,15,17). The summed E-state index contributed by atoms with van der Waals surface area (Å²) >= 11 is 0. The molecule has 1 amide bonds. The van der Waals surface area contributed by atoms with Gasteiger partial charge in [0, 0.05) is 23.0 Å². The second kappa shape index (κ2) is 5.07. The maximum absolute atomic E-state index is 12.2. The van der Waals surface area contributed by atoms with Gasteiger partial charge in [0.25, 0.3) is 5.91 Å². The van der Waals surface area contributed by atoms with Crippen LogP contribution >= 0.6 is 0 Å². The highest BCUT2D eigenvalue weighted by Gasteiger charge is 2.29. The Hall–Kier alpha value is -2.02. The summed E-state index contributed by atoms with van der Waals surface area (Å²) in [6.45, 7) is 0. The number of fused-ring (bicyclic) bond motifs is 1. The van der Waals surface area contributed by atoms with Gasteiger partial charge < -0.3 is 15.0 Å². The lowest BCUT2D eigenvalue weighted by molar-refractivity contribution is 0.0937. The third-order valence-electron chi connectivity index (χ3n) is 3.64. The Bertz CT molecular complexity index is 794. The van der Waals surface area contributed by atoms with E-state index in [1.54, 1.807) is 13.2 Å². The third-order valence-corrected chi connectivity index (χ3v) is 5.41. The van der Waals surface area contributed by atoms with Crippen LogP contribution in [0.3, 0.4) is 0 Å². The van der Waals surface area contributed by atoms with E-state index in [0.29, 0.717) is 17.9 Å². The highest BCUT2D eigenvalue weighted by atomic mass is 32.2. The van der Waals surface area contributed by atoms with Crippen LogP contribution < -0.4 is 10.1 Å². The number of nitrogens with one attached hydrogen (secondary N) is 2. The molecule has 0 spiro atoms. The summed E-state index contributed by atoms with van der Waals surface area (Å²) in [6.07, 6.45) is 0.474. The summed E-state index contributed by atoms with van der Waals surface area (Å²) in [7, 11) is -1.42. The van der Waals surface area contributed by atoms with Crippen LogP contribution in [0.15, 0.2) is 24.3 Å².